The summed E-state index contributed by atoms with van der Waals surface area (Å²) in [4.78, 5) is 0. The van der Waals surface area contributed by atoms with Crippen molar-refractivity contribution in [2.24, 2.45) is 23.7 Å². The molecule has 3 aliphatic rings. The van der Waals surface area contributed by atoms with Crippen molar-refractivity contribution >= 4 is 0 Å². The quantitative estimate of drug-likeness (QED) is 0.585. The SMILES string of the molecule is OC1CC[C@@H]2CC[C@@H]3CC[C@H]1[C@H]23. The number of aliphatic hydroxyl groups is 1. The third kappa shape index (κ3) is 0.834. The Hall–Kier alpha value is -0.0400. The first-order valence-corrected chi connectivity index (χ1v) is 5.54. The first kappa shape index (κ1) is 7.37. The van der Waals surface area contributed by atoms with Gasteiger partial charge in [0.25, 0.3) is 0 Å². The van der Waals surface area contributed by atoms with E-state index in [1.807, 2.05) is 0 Å². The molecular weight excluding hydrogens is 148 g/mol. The lowest BCUT2D eigenvalue weighted by molar-refractivity contribution is 0.0215. The lowest BCUT2D eigenvalue weighted by Crippen LogP contribution is -2.33. The van der Waals surface area contributed by atoms with Crippen molar-refractivity contribution in [2.45, 2.75) is 44.6 Å². The van der Waals surface area contributed by atoms with Gasteiger partial charge in [0.1, 0.15) is 0 Å². The Morgan fingerprint density at radius 2 is 1.33 bits per heavy atom. The monoisotopic (exact) mass is 166 g/mol. The molecule has 3 rings (SSSR count). The summed E-state index contributed by atoms with van der Waals surface area (Å²) in [6, 6.07) is 0. The Bertz CT molecular complexity index is 189. The summed E-state index contributed by atoms with van der Waals surface area (Å²) < 4.78 is 0. The van der Waals surface area contributed by atoms with Crippen LogP contribution in [0.1, 0.15) is 38.5 Å². The van der Waals surface area contributed by atoms with Gasteiger partial charge in [-0.2, -0.15) is 0 Å². The molecule has 0 aromatic rings. The number of rotatable bonds is 0. The molecule has 3 fully saturated rings. The zero-order chi connectivity index (χ0) is 8.13. The summed E-state index contributed by atoms with van der Waals surface area (Å²) in [7, 11) is 0. The molecule has 68 valence electrons. The largest absolute Gasteiger partial charge is 0.393 e. The Morgan fingerprint density at radius 1 is 0.750 bits per heavy atom. The van der Waals surface area contributed by atoms with Crippen LogP contribution in [0, 0.1) is 23.7 Å². The van der Waals surface area contributed by atoms with Crippen LogP contribution in [0.4, 0.5) is 0 Å². The lowest BCUT2D eigenvalue weighted by Gasteiger charge is -2.35. The van der Waals surface area contributed by atoms with Gasteiger partial charge < -0.3 is 5.11 Å². The summed E-state index contributed by atoms with van der Waals surface area (Å²) in [5.74, 6) is 3.66. The highest BCUT2D eigenvalue weighted by Crippen LogP contribution is 2.56. The summed E-state index contributed by atoms with van der Waals surface area (Å²) >= 11 is 0. The van der Waals surface area contributed by atoms with Crippen molar-refractivity contribution < 1.29 is 5.11 Å². The van der Waals surface area contributed by atoms with E-state index in [-0.39, 0.29) is 6.10 Å². The van der Waals surface area contributed by atoms with Gasteiger partial charge in [0.05, 0.1) is 6.10 Å². The van der Waals surface area contributed by atoms with E-state index in [4.69, 9.17) is 0 Å². The molecule has 0 spiro atoms. The Labute approximate surface area is 74.2 Å². The van der Waals surface area contributed by atoms with Crippen molar-refractivity contribution in [2.75, 3.05) is 0 Å². The normalized spacial score (nSPS) is 57.2. The van der Waals surface area contributed by atoms with Gasteiger partial charge in [0.15, 0.2) is 0 Å². The molecule has 1 nitrogen and oxygen atoms in total. The van der Waals surface area contributed by atoms with Gasteiger partial charge in [-0.1, -0.05) is 0 Å². The van der Waals surface area contributed by atoms with Crippen LogP contribution < -0.4 is 0 Å². The Morgan fingerprint density at radius 3 is 2.08 bits per heavy atom. The van der Waals surface area contributed by atoms with Gasteiger partial charge in [-0.3, -0.25) is 0 Å². The molecule has 12 heavy (non-hydrogen) atoms. The van der Waals surface area contributed by atoms with Crippen LogP contribution in [0.25, 0.3) is 0 Å². The molecule has 0 aromatic carbocycles. The first-order valence-electron chi connectivity index (χ1n) is 5.54. The number of hydrogen-bond donors (Lipinski definition) is 1. The van der Waals surface area contributed by atoms with Gasteiger partial charge >= 0.3 is 0 Å². The molecule has 0 aromatic heterocycles. The van der Waals surface area contributed by atoms with Crippen molar-refractivity contribution in [1.29, 1.82) is 0 Å². The molecule has 1 unspecified atom stereocenters. The van der Waals surface area contributed by atoms with Crippen LogP contribution in [0.2, 0.25) is 0 Å². The molecule has 1 N–H and O–H groups in total. The van der Waals surface area contributed by atoms with Crippen LogP contribution >= 0.6 is 0 Å². The second-order valence-electron chi connectivity index (χ2n) is 5.06. The second kappa shape index (κ2) is 2.47. The molecule has 1 heteroatoms. The summed E-state index contributed by atoms with van der Waals surface area (Å²) in [5, 5.41) is 9.84. The molecule has 0 radical (unpaired) electrons. The van der Waals surface area contributed by atoms with Crippen LogP contribution in [-0.2, 0) is 0 Å². The Balaban J connectivity index is 1.89. The highest BCUT2D eigenvalue weighted by Gasteiger charge is 2.49. The van der Waals surface area contributed by atoms with Crippen LogP contribution in [0.15, 0.2) is 0 Å². The lowest BCUT2D eigenvalue weighted by atomic mass is 9.73. The summed E-state index contributed by atoms with van der Waals surface area (Å²) in [5.41, 5.74) is 0. The fourth-order valence-corrected chi connectivity index (χ4v) is 4.22. The third-order valence-electron chi connectivity index (χ3n) is 4.69. The van der Waals surface area contributed by atoms with E-state index >= 15 is 0 Å². The van der Waals surface area contributed by atoms with Crippen molar-refractivity contribution in [3.05, 3.63) is 0 Å². The summed E-state index contributed by atoms with van der Waals surface area (Å²) in [6.07, 6.45) is 8.17. The molecule has 0 saturated heterocycles. The molecule has 3 saturated carbocycles. The van der Waals surface area contributed by atoms with Crippen molar-refractivity contribution in [1.82, 2.24) is 0 Å². The van der Waals surface area contributed by atoms with Gasteiger partial charge in [-0.05, 0) is 62.2 Å². The fraction of sp³-hybridized carbons (Fsp3) is 1.00. The Kier molecular flexibility index (Phi) is 1.52. The zero-order valence-corrected chi connectivity index (χ0v) is 7.58. The van der Waals surface area contributed by atoms with E-state index < -0.39 is 0 Å². The molecule has 3 aliphatic carbocycles. The highest BCUT2D eigenvalue weighted by atomic mass is 16.3. The topological polar surface area (TPSA) is 20.2 Å². The molecule has 0 amide bonds. The zero-order valence-electron chi connectivity index (χ0n) is 7.58. The fourth-order valence-electron chi connectivity index (χ4n) is 4.22. The smallest absolute Gasteiger partial charge is 0.0571 e. The maximum atomic E-state index is 9.84. The maximum absolute atomic E-state index is 9.84. The van der Waals surface area contributed by atoms with E-state index in [2.05, 4.69) is 0 Å². The predicted octanol–water partition coefficient (Wildman–Crippen LogP) is 2.19. The highest BCUT2D eigenvalue weighted by molar-refractivity contribution is 4.99. The number of hydrogen-bond acceptors (Lipinski definition) is 1. The van der Waals surface area contributed by atoms with Crippen LogP contribution in [0.5, 0.6) is 0 Å². The predicted molar refractivity (Wildman–Crippen MR) is 47.7 cm³/mol. The standard InChI is InChI=1S/C11H18O/c12-10-6-4-8-2-1-7-3-5-9(10)11(7)8/h7-12H,1-6H2/t7-,8+,9-,10?,11+/m1/s1. The van der Waals surface area contributed by atoms with Gasteiger partial charge in [0, 0.05) is 0 Å². The van der Waals surface area contributed by atoms with E-state index in [0.717, 1.165) is 24.2 Å². The summed E-state index contributed by atoms with van der Waals surface area (Å²) in [6.45, 7) is 0. The number of aliphatic hydroxyl groups excluding tert-OH is 1. The van der Waals surface area contributed by atoms with Gasteiger partial charge in [-0.25, -0.2) is 0 Å². The van der Waals surface area contributed by atoms with E-state index in [0.29, 0.717) is 5.92 Å². The molecule has 0 aliphatic heterocycles. The molecule has 0 bridgehead atoms. The minimum atomic E-state index is 0.0642. The molecule has 0 heterocycles. The second-order valence-corrected chi connectivity index (χ2v) is 5.06. The van der Waals surface area contributed by atoms with E-state index in [1.54, 1.807) is 0 Å². The maximum Gasteiger partial charge on any atom is 0.0571 e. The first-order chi connectivity index (χ1) is 5.86. The van der Waals surface area contributed by atoms with Crippen LogP contribution in [0.3, 0.4) is 0 Å². The van der Waals surface area contributed by atoms with Crippen molar-refractivity contribution in [3.8, 4) is 0 Å². The van der Waals surface area contributed by atoms with Crippen LogP contribution in [-0.4, -0.2) is 11.2 Å². The minimum absolute atomic E-state index is 0.0642. The van der Waals surface area contributed by atoms with E-state index in [1.165, 1.54) is 32.1 Å². The molecular formula is C11H18O. The van der Waals surface area contributed by atoms with Gasteiger partial charge in [0.2, 0.25) is 0 Å². The average Bonchev–Trinajstić information content (AvgIpc) is 2.61. The van der Waals surface area contributed by atoms with Crippen molar-refractivity contribution in [3.63, 3.8) is 0 Å². The van der Waals surface area contributed by atoms with E-state index in [9.17, 15) is 5.11 Å². The minimum Gasteiger partial charge on any atom is -0.393 e. The third-order valence-corrected chi connectivity index (χ3v) is 4.69. The average molecular weight is 166 g/mol. The molecule has 5 atom stereocenters. The van der Waals surface area contributed by atoms with Gasteiger partial charge in [-0.15, -0.1) is 0 Å².